The topological polar surface area (TPSA) is 37.4 Å². The second-order valence-electron chi connectivity index (χ2n) is 4.36. The molecule has 0 atom stereocenters. The smallest absolute Gasteiger partial charge is 0.266 e. The van der Waals surface area contributed by atoms with Crippen molar-refractivity contribution in [3.63, 3.8) is 0 Å². The fraction of sp³-hybridized carbons (Fsp3) is 0.200. The Labute approximate surface area is 106 Å². The number of benzene rings is 1. The molecule has 1 fully saturated rings. The zero-order valence-electron chi connectivity index (χ0n) is 10.7. The van der Waals surface area contributed by atoms with E-state index in [1.165, 1.54) is 4.90 Å². The second-order valence-corrected chi connectivity index (χ2v) is 4.36. The number of allylic oxidation sites excluding steroid dienone is 2. The Bertz CT molecular complexity index is 563. The van der Waals surface area contributed by atoms with E-state index in [1.807, 2.05) is 32.0 Å². The lowest BCUT2D eigenvalue weighted by molar-refractivity contribution is -0.119. The fourth-order valence-electron chi connectivity index (χ4n) is 2.11. The number of carbonyl (C=O) groups is 2. The molecule has 1 aliphatic rings. The third-order valence-corrected chi connectivity index (χ3v) is 2.92. The van der Waals surface area contributed by atoms with Crippen molar-refractivity contribution in [1.82, 2.24) is 0 Å². The minimum Gasteiger partial charge on any atom is -0.268 e. The summed E-state index contributed by atoms with van der Waals surface area (Å²) in [5, 5.41) is 0. The first-order chi connectivity index (χ1) is 8.57. The number of rotatable bonds is 1. The summed E-state index contributed by atoms with van der Waals surface area (Å²) in [7, 11) is 0. The molecule has 2 amide bonds. The van der Waals surface area contributed by atoms with E-state index < -0.39 is 0 Å². The SMILES string of the molecule is CC=C1C(=O)N(c2ccccc2)C(=O)C1=C(C)C. The van der Waals surface area contributed by atoms with E-state index in [0.29, 0.717) is 16.8 Å². The maximum absolute atomic E-state index is 12.3. The van der Waals surface area contributed by atoms with Crippen LogP contribution in [0.5, 0.6) is 0 Å². The first-order valence-corrected chi connectivity index (χ1v) is 5.86. The normalized spacial score (nSPS) is 17.8. The van der Waals surface area contributed by atoms with Gasteiger partial charge in [-0.2, -0.15) is 0 Å². The predicted octanol–water partition coefficient (Wildman–Crippen LogP) is 2.84. The number of hydrogen-bond donors (Lipinski definition) is 0. The van der Waals surface area contributed by atoms with Gasteiger partial charge in [0, 0.05) is 5.57 Å². The van der Waals surface area contributed by atoms with Crippen LogP contribution in [0.3, 0.4) is 0 Å². The summed E-state index contributed by atoms with van der Waals surface area (Å²) >= 11 is 0. The van der Waals surface area contributed by atoms with Crippen LogP contribution in [0.1, 0.15) is 20.8 Å². The molecule has 1 heterocycles. The van der Waals surface area contributed by atoms with Gasteiger partial charge in [-0.3, -0.25) is 9.59 Å². The summed E-state index contributed by atoms with van der Waals surface area (Å²) < 4.78 is 0. The van der Waals surface area contributed by atoms with Gasteiger partial charge < -0.3 is 0 Å². The minimum absolute atomic E-state index is 0.237. The highest BCUT2D eigenvalue weighted by Crippen LogP contribution is 2.31. The number of para-hydroxylation sites is 1. The van der Waals surface area contributed by atoms with Crippen LogP contribution in [0, 0.1) is 0 Å². The molecule has 92 valence electrons. The average molecular weight is 241 g/mol. The molecule has 0 radical (unpaired) electrons. The van der Waals surface area contributed by atoms with Crippen molar-refractivity contribution in [3.05, 3.63) is 53.1 Å². The van der Waals surface area contributed by atoms with Crippen molar-refractivity contribution in [2.24, 2.45) is 0 Å². The van der Waals surface area contributed by atoms with Gasteiger partial charge in [-0.05, 0) is 32.9 Å². The first-order valence-electron chi connectivity index (χ1n) is 5.86. The first kappa shape index (κ1) is 12.3. The van der Waals surface area contributed by atoms with Gasteiger partial charge in [-0.1, -0.05) is 29.8 Å². The molecule has 0 spiro atoms. The molecule has 0 aromatic heterocycles. The molecule has 0 N–H and O–H groups in total. The van der Waals surface area contributed by atoms with E-state index in [-0.39, 0.29) is 11.8 Å². The van der Waals surface area contributed by atoms with E-state index in [4.69, 9.17) is 0 Å². The zero-order valence-corrected chi connectivity index (χ0v) is 10.7. The van der Waals surface area contributed by atoms with Crippen molar-refractivity contribution in [1.29, 1.82) is 0 Å². The predicted molar refractivity (Wildman–Crippen MR) is 71.1 cm³/mol. The molecule has 1 aliphatic heterocycles. The van der Waals surface area contributed by atoms with Crippen LogP contribution in [0.4, 0.5) is 5.69 Å². The van der Waals surface area contributed by atoms with Crippen molar-refractivity contribution in [3.8, 4) is 0 Å². The Balaban J connectivity index is 2.57. The standard InChI is InChI=1S/C15H15NO2/c1-4-12-13(10(2)3)15(18)16(14(12)17)11-8-6-5-7-9-11/h4-9H,1-3H3. The molecule has 1 aromatic carbocycles. The van der Waals surface area contributed by atoms with Crippen molar-refractivity contribution in [2.45, 2.75) is 20.8 Å². The van der Waals surface area contributed by atoms with Gasteiger partial charge in [-0.15, -0.1) is 0 Å². The molecular formula is C15H15NO2. The van der Waals surface area contributed by atoms with E-state index >= 15 is 0 Å². The highest BCUT2D eigenvalue weighted by Gasteiger charge is 2.39. The van der Waals surface area contributed by atoms with Gasteiger partial charge in [0.2, 0.25) is 0 Å². The molecular weight excluding hydrogens is 226 g/mol. The number of amides is 2. The van der Waals surface area contributed by atoms with E-state index in [2.05, 4.69) is 0 Å². The highest BCUT2D eigenvalue weighted by molar-refractivity contribution is 6.37. The Hall–Kier alpha value is -2.16. The molecule has 0 unspecified atom stereocenters. The lowest BCUT2D eigenvalue weighted by Gasteiger charge is -2.12. The largest absolute Gasteiger partial charge is 0.268 e. The average Bonchev–Trinajstić information content (AvgIpc) is 2.61. The van der Waals surface area contributed by atoms with Gasteiger partial charge in [0.15, 0.2) is 0 Å². The van der Waals surface area contributed by atoms with E-state index in [9.17, 15) is 9.59 Å². The van der Waals surface area contributed by atoms with Crippen LogP contribution in [0.2, 0.25) is 0 Å². The highest BCUT2D eigenvalue weighted by atomic mass is 16.2. The van der Waals surface area contributed by atoms with Crippen molar-refractivity contribution < 1.29 is 9.59 Å². The number of imide groups is 1. The fourth-order valence-corrected chi connectivity index (χ4v) is 2.11. The summed E-state index contributed by atoms with van der Waals surface area (Å²) in [6.07, 6.45) is 1.70. The minimum atomic E-state index is -0.245. The molecule has 18 heavy (non-hydrogen) atoms. The molecule has 1 saturated heterocycles. The third-order valence-electron chi connectivity index (χ3n) is 2.92. The lowest BCUT2D eigenvalue weighted by Crippen LogP contribution is -2.29. The number of hydrogen-bond acceptors (Lipinski definition) is 2. The molecule has 0 aliphatic carbocycles. The van der Waals surface area contributed by atoms with Crippen LogP contribution >= 0.6 is 0 Å². The summed E-state index contributed by atoms with van der Waals surface area (Å²) in [4.78, 5) is 25.8. The Morgan fingerprint density at radius 2 is 1.67 bits per heavy atom. The molecule has 2 rings (SSSR count). The molecule has 1 aromatic rings. The van der Waals surface area contributed by atoms with Gasteiger partial charge >= 0.3 is 0 Å². The zero-order chi connectivity index (χ0) is 13.3. The number of nitrogens with zero attached hydrogens (tertiary/aromatic N) is 1. The van der Waals surface area contributed by atoms with Crippen molar-refractivity contribution >= 4 is 17.5 Å². The second kappa shape index (κ2) is 4.61. The quantitative estimate of drug-likeness (QED) is 0.560. The summed E-state index contributed by atoms with van der Waals surface area (Å²) in [5.41, 5.74) is 2.48. The maximum atomic E-state index is 12.3. The number of anilines is 1. The van der Waals surface area contributed by atoms with E-state index in [0.717, 1.165) is 5.57 Å². The molecule has 3 heteroatoms. The van der Waals surface area contributed by atoms with Crippen LogP contribution in [0.15, 0.2) is 53.1 Å². The van der Waals surface area contributed by atoms with E-state index in [1.54, 1.807) is 25.1 Å². The maximum Gasteiger partial charge on any atom is 0.266 e. The molecule has 0 bridgehead atoms. The van der Waals surface area contributed by atoms with Gasteiger partial charge in [-0.25, -0.2) is 4.90 Å². The Morgan fingerprint density at radius 1 is 1.06 bits per heavy atom. The Kier molecular flexibility index (Phi) is 3.15. The van der Waals surface area contributed by atoms with Crippen molar-refractivity contribution in [2.75, 3.05) is 4.90 Å². The van der Waals surface area contributed by atoms with Gasteiger partial charge in [0.1, 0.15) is 0 Å². The molecule has 3 nitrogen and oxygen atoms in total. The van der Waals surface area contributed by atoms with Crippen LogP contribution in [-0.2, 0) is 9.59 Å². The van der Waals surface area contributed by atoms with Gasteiger partial charge in [0.25, 0.3) is 11.8 Å². The summed E-state index contributed by atoms with van der Waals surface area (Å²) in [5.74, 6) is -0.482. The number of carbonyl (C=O) groups excluding carboxylic acids is 2. The van der Waals surface area contributed by atoms with Crippen LogP contribution in [0.25, 0.3) is 0 Å². The third kappa shape index (κ3) is 1.78. The van der Waals surface area contributed by atoms with Gasteiger partial charge in [0.05, 0.1) is 11.3 Å². The Morgan fingerprint density at radius 3 is 2.11 bits per heavy atom. The summed E-state index contributed by atoms with van der Waals surface area (Å²) in [6, 6.07) is 9.00. The monoisotopic (exact) mass is 241 g/mol. The lowest BCUT2D eigenvalue weighted by atomic mass is 10.0. The van der Waals surface area contributed by atoms with Crippen LogP contribution < -0.4 is 4.90 Å². The molecule has 0 saturated carbocycles. The van der Waals surface area contributed by atoms with Crippen LogP contribution in [-0.4, -0.2) is 11.8 Å². The summed E-state index contributed by atoms with van der Waals surface area (Å²) in [6.45, 7) is 5.47.